The SMILES string of the molecule is C#CCCC1(CCC(=O)NC2CC(CC(=O)O)C2)N=N1. The second-order valence-corrected chi connectivity index (χ2v) is 5.59. The number of terminal acetylenes is 1. The van der Waals surface area contributed by atoms with Crippen LogP contribution in [0.15, 0.2) is 10.2 Å². The fraction of sp³-hybridized carbons (Fsp3) is 0.714. The van der Waals surface area contributed by atoms with Crippen LogP contribution in [0.5, 0.6) is 0 Å². The van der Waals surface area contributed by atoms with Gasteiger partial charge in [0.15, 0.2) is 5.66 Å². The van der Waals surface area contributed by atoms with Crippen molar-refractivity contribution in [2.75, 3.05) is 0 Å². The molecule has 1 amide bonds. The molecule has 0 radical (unpaired) electrons. The van der Waals surface area contributed by atoms with E-state index in [2.05, 4.69) is 21.5 Å². The lowest BCUT2D eigenvalue weighted by atomic mass is 9.78. The molecule has 2 aliphatic rings. The Hall–Kier alpha value is -1.90. The van der Waals surface area contributed by atoms with E-state index in [-0.39, 0.29) is 24.3 Å². The molecule has 0 bridgehead atoms. The molecule has 1 aliphatic heterocycles. The van der Waals surface area contributed by atoms with Gasteiger partial charge in [0.05, 0.1) is 0 Å². The average molecular weight is 277 g/mol. The zero-order valence-corrected chi connectivity index (χ0v) is 11.3. The molecule has 0 atom stereocenters. The molecule has 0 aromatic rings. The topological polar surface area (TPSA) is 91.1 Å². The van der Waals surface area contributed by atoms with Gasteiger partial charge in [-0.05, 0) is 18.8 Å². The molecule has 108 valence electrons. The molecule has 1 heterocycles. The minimum absolute atomic E-state index is 0.0128. The molecule has 0 saturated heterocycles. The van der Waals surface area contributed by atoms with Crippen LogP contribution in [0.1, 0.15) is 44.9 Å². The number of carboxylic acid groups (broad SMARTS) is 1. The Kier molecular flexibility index (Phi) is 4.38. The predicted molar refractivity (Wildman–Crippen MR) is 71.8 cm³/mol. The van der Waals surface area contributed by atoms with E-state index in [1.807, 2.05) is 0 Å². The molecule has 6 heteroatoms. The number of hydrogen-bond acceptors (Lipinski definition) is 4. The first-order valence-electron chi connectivity index (χ1n) is 6.92. The maximum Gasteiger partial charge on any atom is 0.303 e. The molecule has 0 unspecified atom stereocenters. The highest BCUT2D eigenvalue weighted by molar-refractivity contribution is 5.76. The summed E-state index contributed by atoms with van der Waals surface area (Å²) in [5.74, 6) is 1.97. The molecular formula is C14H19N3O3. The highest BCUT2D eigenvalue weighted by atomic mass is 16.4. The van der Waals surface area contributed by atoms with Crippen LogP contribution in [-0.2, 0) is 9.59 Å². The minimum Gasteiger partial charge on any atom is -0.481 e. The van der Waals surface area contributed by atoms with Crippen LogP contribution < -0.4 is 5.32 Å². The third-order valence-electron chi connectivity index (χ3n) is 3.87. The van der Waals surface area contributed by atoms with Gasteiger partial charge in [-0.2, -0.15) is 10.2 Å². The monoisotopic (exact) mass is 277 g/mol. The van der Waals surface area contributed by atoms with Crippen LogP contribution in [0.2, 0.25) is 0 Å². The van der Waals surface area contributed by atoms with Crippen molar-refractivity contribution in [3.8, 4) is 12.3 Å². The second kappa shape index (κ2) is 6.04. The summed E-state index contributed by atoms with van der Waals surface area (Å²) in [5, 5.41) is 19.5. The summed E-state index contributed by atoms with van der Waals surface area (Å²) in [6.45, 7) is 0. The number of hydrogen-bond donors (Lipinski definition) is 2. The molecule has 0 aromatic heterocycles. The number of carboxylic acids is 1. The zero-order valence-electron chi connectivity index (χ0n) is 11.3. The number of amides is 1. The van der Waals surface area contributed by atoms with Crippen molar-refractivity contribution in [3.63, 3.8) is 0 Å². The van der Waals surface area contributed by atoms with Gasteiger partial charge in [0, 0.05) is 38.1 Å². The van der Waals surface area contributed by atoms with Gasteiger partial charge < -0.3 is 10.4 Å². The first-order chi connectivity index (χ1) is 9.53. The first kappa shape index (κ1) is 14.5. The molecule has 1 fully saturated rings. The lowest BCUT2D eigenvalue weighted by Crippen LogP contribution is -2.45. The average Bonchev–Trinajstić information content (AvgIpc) is 3.11. The smallest absolute Gasteiger partial charge is 0.303 e. The van der Waals surface area contributed by atoms with E-state index in [0.29, 0.717) is 25.7 Å². The standard InChI is InChI=1S/C14H19N3O3/c1-2-3-5-14(16-17-14)6-4-12(18)15-11-7-10(8-11)9-13(19)20/h1,10-11H,3-9H2,(H,15,18)(H,19,20). The van der Waals surface area contributed by atoms with Crippen molar-refractivity contribution in [1.82, 2.24) is 5.32 Å². The summed E-state index contributed by atoms with van der Waals surface area (Å²) in [5.41, 5.74) is -0.408. The summed E-state index contributed by atoms with van der Waals surface area (Å²) in [7, 11) is 0. The summed E-state index contributed by atoms with van der Waals surface area (Å²) in [4.78, 5) is 22.3. The molecule has 1 saturated carbocycles. The minimum atomic E-state index is -0.771. The molecule has 0 aromatic carbocycles. The van der Waals surface area contributed by atoms with Gasteiger partial charge in [0.1, 0.15) is 0 Å². The van der Waals surface area contributed by atoms with E-state index in [0.717, 1.165) is 12.8 Å². The van der Waals surface area contributed by atoms with Gasteiger partial charge in [-0.15, -0.1) is 12.3 Å². The van der Waals surface area contributed by atoms with Crippen LogP contribution in [0, 0.1) is 18.3 Å². The number of carbonyl (C=O) groups is 2. The quantitative estimate of drug-likeness (QED) is 0.662. The van der Waals surface area contributed by atoms with E-state index in [1.54, 1.807) is 0 Å². The number of aliphatic carboxylic acids is 1. The van der Waals surface area contributed by atoms with Crippen LogP contribution in [0.3, 0.4) is 0 Å². The third kappa shape index (κ3) is 4.05. The zero-order chi connectivity index (χ0) is 14.6. The van der Waals surface area contributed by atoms with Crippen LogP contribution in [-0.4, -0.2) is 28.7 Å². The van der Waals surface area contributed by atoms with Crippen molar-refractivity contribution in [1.29, 1.82) is 0 Å². The maximum absolute atomic E-state index is 11.8. The Morgan fingerprint density at radius 3 is 2.60 bits per heavy atom. The molecule has 0 spiro atoms. The molecular weight excluding hydrogens is 258 g/mol. The van der Waals surface area contributed by atoms with Gasteiger partial charge in [0.2, 0.25) is 5.91 Å². The fourth-order valence-electron chi connectivity index (χ4n) is 2.55. The van der Waals surface area contributed by atoms with Crippen molar-refractivity contribution in [2.45, 2.75) is 56.7 Å². The largest absolute Gasteiger partial charge is 0.481 e. The van der Waals surface area contributed by atoms with E-state index in [9.17, 15) is 9.59 Å². The summed E-state index contributed by atoms with van der Waals surface area (Å²) in [6.07, 6.45) is 9.23. The molecule has 2 N–H and O–H groups in total. The fourth-order valence-corrected chi connectivity index (χ4v) is 2.55. The molecule has 6 nitrogen and oxygen atoms in total. The Morgan fingerprint density at radius 1 is 1.35 bits per heavy atom. The van der Waals surface area contributed by atoms with Crippen LogP contribution >= 0.6 is 0 Å². The summed E-state index contributed by atoms with van der Waals surface area (Å²) < 4.78 is 0. The van der Waals surface area contributed by atoms with Gasteiger partial charge in [-0.1, -0.05) is 0 Å². The van der Waals surface area contributed by atoms with E-state index >= 15 is 0 Å². The molecule has 1 aliphatic carbocycles. The van der Waals surface area contributed by atoms with Crippen molar-refractivity contribution >= 4 is 11.9 Å². The van der Waals surface area contributed by atoms with Crippen LogP contribution in [0.4, 0.5) is 0 Å². The third-order valence-corrected chi connectivity index (χ3v) is 3.87. The van der Waals surface area contributed by atoms with Crippen molar-refractivity contribution in [2.24, 2.45) is 16.1 Å². The highest BCUT2D eigenvalue weighted by Crippen LogP contribution is 2.37. The normalized spacial score (nSPS) is 25.4. The number of carbonyl (C=O) groups excluding carboxylic acids is 1. The van der Waals surface area contributed by atoms with Gasteiger partial charge in [-0.3, -0.25) is 9.59 Å². The Bertz CT molecular complexity index is 455. The number of nitrogens with zero attached hydrogens (tertiary/aromatic N) is 2. The highest BCUT2D eigenvalue weighted by Gasteiger charge is 2.39. The van der Waals surface area contributed by atoms with Crippen molar-refractivity contribution in [3.05, 3.63) is 0 Å². The van der Waals surface area contributed by atoms with E-state index in [1.165, 1.54) is 0 Å². The van der Waals surface area contributed by atoms with E-state index < -0.39 is 11.6 Å². The van der Waals surface area contributed by atoms with Gasteiger partial charge >= 0.3 is 5.97 Å². The summed E-state index contributed by atoms with van der Waals surface area (Å²) >= 11 is 0. The van der Waals surface area contributed by atoms with Gasteiger partial charge in [-0.25, -0.2) is 0 Å². The number of rotatable bonds is 8. The Labute approximate surface area is 118 Å². The molecule has 2 rings (SSSR count). The predicted octanol–water partition coefficient (Wildman–Crippen LogP) is 1.71. The van der Waals surface area contributed by atoms with Crippen molar-refractivity contribution < 1.29 is 14.7 Å². The second-order valence-electron chi connectivity index (χ2n) is 5.59. The molecule has 20 heavy (non-hydrogen) atoms. The lowest BCUT2D eigenvalue weighted by molar-refractivity contribution is -0.139. The Morgan fingerprint density at radius 2 is 2.05 bits per heavy atom. The number of nitrogens with one attached hydrogen (secondary N) is 1. The first-order valence-corrected chi connectivity index (χ1v) is 6.92. The lowest BCUT2D eigenvalue weighted by Gasteiger charge is -2.35. The van der Waals surface area contributed by atoms with Crippen LogP contribution in [0.25, 0.3) is 0 Å². The van der Waals surface area contributed by atoms with E-state index in [4.69, 9.17) is 11.5 Å². The van der Waals surface area contributed by atoms with Gasteiger partial charge in [0.25, 0.3) is 0 Å². The Balaban J connectivity index is 1.58. The summed E-state index contributed by atoms with van der Waals surface area (Å²) in [6, 6.07) is 0.126. The maximum atomic E-state index is 11.8.